The largest absolute Gasteiger partial charge is 0.369 e. The van der Waals surface area contributed by atoms with Crippen LogP contribution >= 0.6 is 0 Å². The molecule has 1 fully saturated rings. The first-order chi connectivity index (χ1) is 10.0. The molecule has 2 rings (SSSR count). The van der Waals surface area contributed by atoms with E-state index >= 15 is 0 Å². The van der Waals surface area contributed by atoms with E-state index in [-0.39, 0.29) is 6.04 Å². The third-order valence-corrected chi connectivity index (χ3v) is 4.65. The van der Waals surface area contributed by atoms with E-state index in [1.54, 1.807) is 0 Å². The summed E-state index contributed by atoms with van der Waals surface area (Å²) in [4.78, 5) is 5.14. The summed E-state index contributed by atoms with van der Waals surface area (Å²) in [5.41, 5.74) is 10.1. The highest BCUT2D eigenvalue weighted by molar-refractivity contribution is 5.55. The molecule has 1 aliphatic heterocycles. The van der Waals surface area contributed by atoms with Gasteiger partial charge in [-0.2, -0.15) is 0 Å². The first kappa shape index (κ1) is 16.3. The molecule has 1 aromatic rings. The van der Waals surface area contributed by atoms with E-state index in [1.165, 1.54) is 36.3 Å². The molecule has 1 aliphatic rings. The van der Waals surface area contributed by atoms with E-state index < -0.39 is 0 Å². The Kier molecular flexibility index (Phi) is 5.65. The van der Waals surface area contributed by atoms with Crippen LogP contribution in [0.3, 0.4) is 0 Å². The lowest BCUT2D eigenvalue weighted by atomic mass is 10.0. The van der Waals surface area contributed by atoms with Crippen molar-refractivity contribution in [2.24, 2.45) is 5.73 Å². The molecule has 21 heavy (non-hydrogen) atoms. The van der Waals surface area contributed by atoms with Crippen molar-refractivity contribution in [1.29, 1.82) is 0 Å². The van der Waals surface area contributed by atoms with Crippen LogP contribution in [0.5, 0.6) is 0 Å². The van der Waals surface area contributed by atoms with E-state index in [2.05, 4.69) is 55.7 Å². The average Bonchev–Trinajstić information content (AvgIpc) is 2.46. The van der Waals surface area contributed by atoms with Gasteiger partial charge in [-0.1, -0.05) is 24.6 Å². The van der Waals surface area contributed by atoms with Crippen molar-refractivity contribution >= 4 is 5.69 Å². The van der Waals surface area contributed by atoms with Crippen molar-refractivity contribution < 1.29 is 0 Å². The van der Waals surface area contributed by atoms with Crippen molar-refractivity contribution in [3.05, 3.63) is 29.3 Å². The second-order valence-electron chi connectivity index (χ2n) is 6.59. The van der Waals surface area contributed by atoms with Crippen molar-refractivity contribution in [3.8, 4) is 0 Å². The molecule has 2 atom stereocenters. The Morgan fingerprint density at radius 2 is 1.81 bits per heavy atom. The van der Waals surface area contributed by atoms with Crippen LogP contribution in [0.25, 0.3) is 0 Å². The Hall–Kier alpha value is -1.06. The fraction of sp³-hybridized carbons (Fsp3) is 0.667. The summed E-state index contributed by atoms with van der Waals surface area (Å²) in [6.45, 7) is 13.4. The highest BCUT2D eigenvalue weighted by Crippen LogP contribution is 2.25. The van der Waals surface area contributed by atoms with E-state index in [9.17, 15) is 0 Å². The monoisotopic (exact) mass is 289 g/mol. The van der Waals surface area contributed by atoms with Gasteiger partial charge in [-0.15, -0.1) is 0 Å². The lowest BCUT2D eigenvalue weighted by Crippen LogP contribution is -2.49. The fourth-order valence-corrected chi connectivity index (χ4v) is 3.19. The summed E-state index contributed by atoms with van der Waals surface area (Å²) >= 11 is 0. The van der Waals surface area contributed by atoms with Crippen LogP contribution in [-0.2, 0) is 6.42 Å². The zero-order valence-corrected chi connectivity index (χ0v) is 14.1. The van der Waals surface area contributed by atoms with Crippen molar-refractivity contribution in [2.75, 3.05) is 31.1 Å². The summed E-state index contributed by atoms with van der Waals surface area (Å²) < 4.78 is 0. The van der Waals surface area contributed by atoms with E-state index in [4.69, 9.17) is 5.73 Å². The number of rotatable bonds is 5. The number of piperazine rings is 1. The van der Waals surface area contributed by atoms with Gasteiger partial charge in [-0.3, -0.25) is 4.90 Å². The zero-order valence-electron chi connectivity index (χ0n) is 14.1. The molecular weight excluding hydrogens is 258 g/mol. The quantitative estimate of drug-likeness (QED) is 0.904. The maximum Gasteiger partial charge on any atom is 0.0400 e. The zero-order chi connectivity index (χ0) is 15.4. The number of hydrogen-bond acceptors (Lipinski definition) is 3. The number of anilines is 1. The van der Waals surface area contributed by atoms with Crippen LogP contribution in [-0.4, -0.2) is 43.2 Å². The van der Waals surface area contributed by atoms with Crippen LogP contribution in [0.1, 0.15) is 38.3 Å². The van der Waals surface area contributed by atoms with Gasteiger partial charge < -0.3 is 10.6 Å². The highest BCUT2D eigenvalue weighted by atomic mass is 15.3. The van der Waals surface area contributed by atoms with Gasteiger partial charge in [-0.25, -0.2) is 0 Å². The Morgan fingerprint density at radius 1 is 1.14 bits per heavy atom. The number of aryl methyl sites for hydroxylation is 1. The Morgan fingerprint density at radius 3 is 2.38 bits per heavy atom. The van der Waals surface area contributed by atoms with Gasteiger partial charge in [0.05, 0.1) is 0 Å². The molecular formula is C18H31N3. The van der Waals surface area contributed by atoms with Crippen molar-refractivity contribution in [2.45, 2.75) is 52.6 Å². The van der Waals surface area contributed by atoms with Gasteiger partial charge in [0.15, 0.2) is 0 Å². The Labute approximate surface area is 130 Å². The van der Waals surface area contributed by atoms with E-state index in [1.807, 2.05) is 0 Å². The van der Waals surface area contributed by atoms with Crippen LogP contribution < -0.4 is 10.6 Å². The topological polar surface area (TPSA) is 32.5 Å². The molecule has 0 aliphatic carbocycles. The number of nitrogens with two attached hydrogens (primary N) is 1. The Balaban J connectivity index is 2.09. The smallest absolute Gasteiger partial charge is 0.0400 e. The SMILES string of the molecule is CCC(C)N1CCN(c2ccc(C)cc2CC(C)N)CC1. The summed E-state index contributed by atoms with van der Waals surface area (Å²) in [6.07, 6.45) is 2.20. The van der Waals surface area contributed by atoms with Gasteiger partial charge in [0.2, 0.25) is 0 Å². The maximum absolute atomic E-state index is 6.03. The van der Waals surface area contributed by atoms with Gasteiger partial charge in [0.1, 0.15) is 0 Å². The number of hydrogen-bond donors (Lipinski definition) is 1. The average molecular weight is 289 g/mol. The minimum absolute atomic E-state index is 0.215. The minimum Gasteiger partial charge on any atom is -0.369 e. The first-order valence-corrected chi connectivity index (χ1v) is 8.35. The summed E-state index contributed by atoms with van der Waals surface area (Å²) in [5.74, 6) is 0. The van der Waals surface area contributed by atoms with Gasteiger partial charge in [0, 0.05) is 44.0 Å². The molecule has 118 valence electrons. The minimum atomic E-state index is 0.215. The van der Waals surface area contributed by atoms with Gasteiger partial charge in [-0.05, 0) is 45.2 Å². The van der Waals surface area contributed by atoms with Crippen LogP contribution in [0.2, 0.25) is 0 Å². The summed E-state index contributed by atoms with van der Waals surface area (Å²) in [6, 6.07) is 7.73. The van der Waals surface area contributed by atoms with Gasteiger partial charge in [0.25, 0.3) is 0 Å². The maximum atomic E-state index is 6.03. The summed E-state index contributed by atoms with van der Waals surface area (Å²) in [5, 5.41) is 0. The van der Waals surface area contributed by atoms with E-state index in [0.717, 1.165) is 19.5 Å². The molecule has 0 spiro atoms. The molecule has 0 aromatic heterocycles. The number of nitrogens with zero attached hydrogens (tertiary/aromatic N) is 2. The Bertz CT molecular complexity index is 448. The molecule has 0 bridgehead atoms. The standard InChI is InChI=1S/C18H31N3/c1-5-16(4)20-8-10-21(11-9-20)18-7-6-14(2)12-17(18)13-15(3)19/h6-7,12,15-16H,5,8-11,13,19H2,1-4H3. The number of benzene rings is 1. The van der Waals surface area contributed by atoms with Crippen LogP contribution in [0, 0.1) is 6.92 Å². The highest BCUT2D eigenvalue weighted by Gasteiger charge is 2.21. The molecule has 3 heteroatoms. The molecule has 1 heterocycles. The van der Waals surface area contributed by atoms with Crippen LogP contribution in [0.15, 0.2) is 18.2 Å². The molecule has 3 nitrogen and oxygen atoms in total. The predicted molar refractivity (Wildman–Crippen MR) is 92.1 cm³/mol. The van der Waals surface area contributed by atoms with Gasteiger partial charge >= 0.3 is 0 Å². The second kappa shape index (κ2) is 7.28. The van der Waals surface area contributed by atoms with Crippen molar-refractivity contribution in [1.82, 2.24) is 4.90 Å². The lowest BCUT2D eigenvalue weighted by molar-refractivity contribution is 0.192. The molecule has 2 N–H and O–H groups in total. The van der Waals surface area contributed by atoms with Crippen molar-refractivity contribution in [3.63, 3.8) is 0 Å². The normalized spacial score (nSPS) is 19.6. The predicted octanol–water partition coefficient (Wildman–Crippen LogP) is 2.81. The third-order valence-electron chi connectivity index (χ3n) is 4.65. The molecule has 2 unspecified atom stereocenters. The molecule has 0 amide bonds. The van der Waals surface area contributed by atoms with E-state index in [0.29, 0.717) is 6.04 Å². The van der Waals surface area contributed by atoms with Crippen LogP contribution in [0.4, 0.5) is 5.69 Å². The molecule has 1 aromatic carbocycles. The molecule has 0 radical (unpaired) electrons. The first-order valence-electron chi connectivity index (χ1n) is 8.35. The summed E-state index contributed by atoms with van der Waals surface area (Å²) in [7, 11) is 0. The fourth-order valence-electron chi connectivity index (χ4n) is 3.19. The second-order valence-corrected chi connectivity index (χ2v) is 6.59. The molecule has 0 saturated carbocycles. The third kappa shape index (κ3) is 4.21. The molecule has 1 saturated heterocycles. The lowest BCUT2D eigenvalue weighted by Gasteiger charge is -2.39.